The number of sulfonamides is 1. The van der Waals surface area contributed by atoms with Gasteiger partial charge in [-0.2, -0.15) is 0 Å². The van der Waals surface area contributed by atoms with Crippen molar-refractivity contribution in [1.29, 1.82) is 0 Å². The molecule has 0 spiro atoms. The Balaban J connectivity index is 1.89. The summed E-state index contributed by atoms with van der Waals surface area (Å²) in [4.78, 5) is 2.40. The molecule has 0 radical (unpaired) electrons. The fourth-order valence-electron chi connectivity index (χ4n) is 2.78. The molecule has 94 valence electrons. The Morgan fingerprint density at radius 1 is 1.31 bits per heavy atom. The van der Waals surface area contributed by atoms with E-state index in [-0.39, 0.29) is 11.8 Å². The summed E-state index contributed by atoms with van der Waals surface area (Å²) in [5.41, 5.74) is 5.33. The van der Waals surface area contributed by atoms with Gasteiger partial charge in [0.2, 0.25) is 10.0 Å². The second-order valence-electron chi connectivity index (χ2n) is 4.72. The van der Waals surface area contributed by atoms with Crippen LogP contribution in [0.15, 0.2) is 0 Å². The second kappa shape index (κ2) is 5.00. The third-order valence-corrected chi connectivity index (χ3v) is 5.04. The van der Waals surface area contributed by atoms with E-state index in [1.807, 2.05) is 0 Å². The molecular formula is C10H21N3O2S. The molecule has 2 saturated heterocycles. The lowest BCUT2D eigenvalue weighted by Gasteiger charge is -2.21. The summed E-state index contributed by atoms with van der Waals surface area (Å²) in [6.45, 7) is 2.60. The zero-order chi connectivity index (χ0) is 11.6. The maximum absolute atomic E-state index is 11.7. The molecule has 2 rings (SSSR count). The van der Waals surface area contributed by atoms with Crippen LogP contribution in [0.2, 0.25) is 0 Å². The Morgan fingerprint density at radius 2 is 2.12 bits per heavy atom. The van der Waals surface area contributed by atoms with Crippen molar-refractivity contribution >= 4 is 10.0 Å². The monoisotopic (exact) mass is 247 g/mol. The van der Waals surface area contributed by atoms with Crippen molar-refractivity contribution in [2.24, 2.45) is 5.73 Å². The average Bonchev–Trinajstić information content (AvgIpc) is 2.80. The van der Waals surface area contributed by atoms with Crippen LogP contribution in [0.5, 0.6) is 0 Å². The van der Waals surface area contributed by atoms with Crippen molar-refractivity contribution in [3.05, 3.63) is 0 Å². The number of fused-ring (bicyclic) bond motifs is 1. The molecule has 2 atom stereocenters. The Labute approximate surface area is 97.4 Å². The van der Waals surface area contributed by atoms with Crippen LogP contribution < -0.4 is 10.5 Å². The molecule has 0 aromatic rings. The first-order valence-electron chi connectivity index (χ1n) is 6.06. The summed E-state index contributed by atoms with van der Waals surface area (Å²) in [5, 5.41) is 0. The van der Waals surface area contributed by atoms with E-state index in [1.165, 1.54) is 6.42 Å². The number of hydrogen-bond donors (Lipinski definition) is 2. The minimum atomic E-state index is -3.12. The molecule has 6 heteroatoms. The van der Waals surface area contributed by atoms with E-state index < -0.39 is 10.0 Å². The van der Waals surface area contributed by atoms with E-state index in [0.29, 0.717) is 19.0 Å². The number of hydrogen-bond acceptors (Lipinski definition) is 4. The highest BCUT2D eigenvalue weighted by Gasteiger charge is 2.38. The van der Waals surface area contributed by atoms with Crippen LogP contribution in [0.25, 0.3) is 0 Å². The van der Waals surface area contributed by atoms with Gasteiger partial charge in [-0.05, 0) is 38.8 Å². The van der Waals surface area contributed by atoms with Crippen molar-refractivity contribution in [3.8, 4) is 0 Å². The van der Waals surface area contributed by atoms with Gasteiger partial charge in [0, 0.05) is 18.6 Å². The molecule has 0 aliphatic carbocycles. The smallest absolute Gasteiger partial charge is 0.211 e. The van der Waals surface area contributed by atoms with Gasteiger partial charge in [-0.3, -0.25) is 4.90 Å². The molecular weight excluding hydrogens is 226 g/mol. The van der Waals surface area contributed by atoms with Gasteiger partial charge in [0.15, 0.2) is 0 Å². The summed E-state index contributed by atoms with van der Waals surface area (Å²) < 4.78 is 26.3. The van der Waals surface area contributed by atoms with Crippen molar-refractivity contribution < 1.29 is 8.42 Å². The van der Waals surface area contributed by atoms with Crippen LogP contribution in [-0.2, 0) is 10.0 Å². The summed E-state index contributed by atoms with van der Waals surface area (Å²) in [7, 11) is -3.12. The molecule has 2 fully saturated rings. The topological polar surface area (TPSA) is 75.4 Å². The van der Waals surface area contributed by atoms with Crippen molar-refractivity contribution in [1.82, 2.24) is 9.62 Å². The SMILES string of the molecule is NCCCS(=O)(=O)NC1CCN2CCCC12. The van der Waals surface area contributed by atoms with Crippen LogP contribution in [0.4, 0.5) is 0 Å². The lowest BCUT2D eigenvalue weighted by Crippen LogP contribution is -2.43. The first-order chi connectivity index (χ1) is 7.62. The molecule has 2 aliphatic heterocycles. The van der Waals surface area contributed by atoms with Gasteiger partial charge < -0.3 is 5.73 Å². The quantitative estimate of drug-likeness (QED) is 0.686. The third-order valence-electron chi connectivity index (χ3n) is 3.55. The molecule has 0 saturated carbocycles. The standard InChI is InChI=1S/C10H21N3O2S/c11-5-2-8-16(14,15)12-9-4-7-13-6-1-3-10(9)13/h9-10,12H,1-8,11H2. The molecule has 2 aliphatic rings. The lowest BCUT2D eigenvalue weighted by molar-refractivity contribution is 0.309. The maximum atomic E-state index is 11.7. The number of nitrogens with one attached hydrogen (secondary N) is 1. The minimum Gasteiger partial charge on any atom is -0.330 e. The van der Waals surface area contributed by atoms with E-state index in [0.717, 1.165) is 25.9 Å². The fourth-order valence-corrected chi connectivity index (χ4v) is 4.18. The molecule has 0 aromatic heterocycles. The predicted octanol–water partition coefficient (Wildman–Crippen LogP) is -0.509. The van der Waals surface area contributed by atoms with Crippen molar-refractivity contribution in [2.45, 2.75) is 37.8 Å². The van der Waals surface area contributed by atoms with E-state index >= 15 is 0 Å². The van der Waals surface area contributed by atoms with Crippen LogP contribution in [0.3, 0.4) is 0 Å². The van der Waals surface area contributed by atoms with Crippen molar-refractivity contribution in [3.63, 3.8) is 0 Å². The number of rotatable bonds is 5. The van der Waals surface area contributed by atoms with Crippen molar-refractivity contribution in [2.75, 3.05) is 25.4 Å². The van der Waals surface area contributed by atoms with Crippen LogP contribution in [0.1, 0.15) is 25.7 Å². The second-order valence-corrected chi connectivity index (χ2v) is 6.59. The molecule has 2 heterocycles. The maximum Gasteiger partial charge on any atom is 0.211 e. The van der Waals surface area contributed by atoms with Gasteiger partial charge in [-0.15, -0.1) is 0 Å². The summed E-state index contributed by atoms with van der Waals surface area (Å²) >= 11 is 0. The molecule has 0 amide bonds. The normalized spacial score (nSPS) is 30.8. The lowest BCUT2D eigenvalue weighted by atomic mass is 10.1. The highest BCUT2D eigenvalue weighted by Crippen LogP contribution is 2.28. The van der Waals surface area contributed by atoms with Gasteiger partial charge >= 0.3 is 0 Å². The average molecular weight is 247 g/mol. The Hall–Kier alpha value is -0.170. The van der Waals surface area contributed by atoms with Gasteiger partial charge in [0.25, 0.3) is 0 Å². The molecule has 3 N–H and O–H groups in total. The first-order valence-corrected chi connectivity index (χ1v) is 7.72. The molecule has 2 unspecified atom stereocenters. The first kappa shape index (κ1) is 12.3. The Morgan fingerprint density at radius 3 is 2.88 bits per heavy atom. The zero-order valence-corrected chi connectivity index (χ0v) is 10.4. The van der Waals surface area contributed by atoms with Gasteiger partial charge in [0.1, 0.15) is 0 Å². The third kappa shape index (κ3) is 2.74. The van der Waals surface area contributed by atoms with Gasteiger partial charge in [0.05, 0.1) is 5.75 Å². The Kier molecular flexibility index (Phi) is 3.84. The molecule has 5 nitrogen and oxygen atoms in total. The molecule has 0 aromatic carbocycles. The largest absolute Gasteiger partial charge is 0.330 e. The van der Waals surface area contributed by atoms with Gasteiger partial charge in [-0.1, -0.05) is 0 Å². The van der Waals surface area contributed by atoms with E-state index in [4.69, 9.17) is 5.73 Å². The van der Waals surface area contributed by atoms with E-state index in [2.05, 4.69) is 9.62 Å². The van der Waals surface area contributed by atoms with E-state index in [1.54, 1.807) is 0 Å². The summed E-state index contributed by atoms with van der Waals surface area (Å²) in [6.07, 6.45) is 3.82. The Bertz CT molecular complexity index is 331. The van der Waals surface area contributed by atoms with Crippen LogP contribution in [0, 0.1) is 0 Å². The molecule has 16 heavy (non-hydrogen) atoms. The highest BCUT2D eigenvalue weighted by molar-refractivity contribution is 7.89. The predicted molar refractivity (Wildman–Crippen MR) is 63.6 cm³/mol. The molecule has 0 bridgehead atoms. The van der Waals surface area contributed by atoms with Crippen LogP contribution >= 0.6 is 0 Å². The number of nitrogens with two attached hydrogens (primary N) is 1. The van der Waals surface area contributed by atoms with Gasteiger partial charge in [-0.25, -0.2) is 13.1 Å². The summed E-state index contributed by atoms with van der Waals surface area (Å²) in [6, 6.07) is 0.568. The number of nitrogens with zero attached hydrogens (tertiary/aromatic N) is 1. The van der Waals surface area contributed by atoms with E-state index in [9.17, 15) is 8.42 Å². The minimum absolute atomic E-state index is 0.130. The zero-order valence-electron chi connectivity index (χ0n) is 9.56. The summed E-state index contributed by atoms with van der Waals surface area (Å²) in [5.74, 6) is 0.159. The fraction of sp³-hybridized carbons (Fsp3) is 1.00. The highest BCUT2D eigenvalue weighted by atomic mass is 32.2. The van der Waals surface area contributed by atoms with Crippen LogP contribution in [-0.4, -0.2) is 50.8 Å².